The van der Waals surface area contributed by atoms with Crippen LogP contribution in [0.3, 0.4) is 0 Å². The molecule has 0 fully saturated rings. The topological polar surface area (TPSA) is 77.2 Å². The number of benzene rings is 1. The van der Waals surface area contributed by atoms with Crippen molar-refractivity contribution in [1.82, 2.24) is 20.7 Å². The van der Waals surface area contributed by atoms with E-state index in [0.29, 0.717) is 10.7 Å². The molecule has 164 valence electrons. The summed E-state index contributed by atoms with van der Waals surface area (Å²) in [6.07, 6.45) is 15.5. The van der Waals surface area contributed by atoms with E-state index >= 15 is 0 Å². The summed E-state index contributed by atoms with van der Waals surface area (Å²) in [6, 6.07) is 7.01. The lowest BCUT2D eigenvalue weighted by Crippen LogP contribution is -2.41. The van der Waals surface area contributed by atoms with E-state index in [-0.39, 0.29) is 0 Å². The second kappa shape index (κ2) is 11.4. The van der Waals surface area contributed by atoms with Gasteiger partial charge in [-0.05, 0) is 48.5 Å². The van der Waals surface area contributed by atoms with E-state index in [2.05, 4.69) is 33.9 Å². The number of hydrogen-bond acceptors (Lipinski definition) is 3. The minimum absolute atomic E-state index is 0.344. The molecule has 1 aliphatic rings. The van der Waals surface area contributed by atoms with Crippen molar-refractivity contribution in [3.63, 3.8) is 0 Å². The van der Waals surface area contributed by atoms with Crippen molar-refractivity contribution in [2.24, 2.45) is 0 Å². The number of amides is 2. The summed E-state index contributed by atoms with van der Waals surface area (Å²) < 4.78 is 0. The molecular weight excluding hydrogens is 412 g/mol. The zero-order chi connectivity index (χ0) is 22.1. The molecule has 7 heteroatoms. The van der Waals surface area contributed by atoms with Crippen LogP contribution in [-0.4, -0.2) is 34.8 Å². The zero-order valence-electron chi connectivity index (χ0n) is 17.8. The van der Waals surface area contributed by atoms with Gasteiger partial charge in [0.05, 0.1) is 0 Å². The first-order valence-electron chi connectivity index (χ1n) is 10.7. The van der Waals surface area contributed by atoms with E-state index in [4.69, 9.17) is 11.6 Å². The Morgan fingerprint density at radius 3 is 2.84 bits per heavy atom. The van der Waals surface area contributed by atoms with Gasteiger partial charge < -0.3 is 9.88 Å². The third kappa shape index (κ3) is 7.03. The van der Waals surface area contributed by atoms with Crippen molar-refractivity contribution in [1.29, 1.82) is 0 Å². The maximum atomic E-state index is 12.3. The normalized spacial score (nSPS) is 13.6. The Hall–Kier alpha value is -2.99. The van der Waals surface area contributed by atoms with Crippen LogP contribution in [0, 0.1) is 0 Å². The number of unbranched alkanes of at least 4 members (excludes halogenated alkanes) is 4. The minimum Gasteiger partial charge on any atom is -0.373 e. The van der Waals surface area contributed by atoms with Crippen LogP contribution in [0.5, 0.6) is 0 Å². The Kier molecular flexibility index (Phi) is 8.35. The van der Waals surface area contributed by atoms with Crippen LogP contribution in [0.15, 0.2) is 60.3 Å². The molecule has 2 heterocycles. The van der Waals surface area contributed by atoms with Gasteiger partial charge in [0.15, 0.2) is 0 Å². The lowest BCUT2D eigenvalue weighted by Gasteiger charge is -2.23. The van der Waals surface area contributed by atoms with Crippen LogP contribution < -0.4 is 10.9 Å². The summed E-state index contributed by atoms with van der Waals surface area (Å²) in [5.74, 6) is -0.822. The summed E-state index contributed by atoms with van der Waals surface area (Å²) >= 11 is 5.97. The van der Waals surface area contributed by atoms with Gasteiger partial charge in [0.2, 0.25) is 0 Å². The van der Waals surface area contributed by atoms with Crippen LogP contribution in [0.4, 0.5) is 0 Å². The molecule has 1 aromatic heterocycles. The summed E-state index contributed by atoms with van der Waals surface area (Å²) in [6.45, 7) is 4.01. The van der Waals surface area contributed by atoms with Gasteiger partial charge in [-0.15, -0.1) is 0 Å². The van der Waals surface area contributed by atoms with Gasteiger partial charge in [0.1, 0.15) is 5.69 Å². The number of aromatic nitrogens is 1. The molecule has 2 amide bonds. The van der Waals surface area contributed by atoms with Crippen molar-refractivity contribution >= 4 is 34.3 Å². The number of hydrazine groups is 1. The van der Waals surface area contributed by atoms with Gasteiger partial charge in [-0.3, -0.25) is 20.4 Å². The standard InChI is InChI=1S/C24H29ClN4O2/c1-2-3-4-5-6-13-29-14-7-8-18(17-29)9-12-23(30)27-28-24(31)22-16-19-15-20(25)10-11-21(19)26-22/h7-12,14-16,26H,2-6,13,17H2,1H3,(H,27,30)(H,28,31)/b12-9+. The van der Waals surface area contributed by atoms with Crippen LogP contribution in [0.1, 0.15) is 49.5 Å². The number of nitrogens with one attached hydrogen (secondary N) is 3. The number of nitrogens with zero attached hydrogens (tertiary/aromatic N) is 1. The fraction of sp³-hybridized carbons (Fsp3) is 0.333. The molecule has 0 spiro atoms. The monoisotopic (exact) mass is 440 g/mol. The average molecular weight is 441 g/mol. The molecular formula is C24H29ClN4O2. The van der Waals surface area contributed by atoms with E-state index in [1.165, 1.54) is 38.2 Å². The molecule has 0 aliphatic carbocycles. The van der Waals surface area contributed by atoms with Crippen molar-refractivity contribution in [3.8, 4) is 0 Å². The number of carbonyl (C=O) groups excluding carboxylic acids is 2. The fourth-order valence-corrected chi connectivity index (χ4v) is 3.63. The highest BCUT2D eigenvalue weighted by Crippen LogP contribution is 2.20. The smallest absolute Gasteiger partial charge is 0.286 e. The minimum atomic E-state index is -0.428. The second-order valence-corrected chi connectivity index (χ2v) is 8.10. The quantitative estimate of drug-likeness (QED) is 0.296. The van der Waals surface area contributed by atoms with Gasteiger partial charge in [0.25, 0.3) is 11.8 Å². The maximum absolute atomic E-state index is 12.3. The number of allylic oxidation sites excluding steroid dienone is 2. The van der Waals surface area contributed by atoms with Gasteiger partial charge in [-0.1, -0.05) is 56.4 Å². The maximum Gasteiger partial charge on any atom is 0.286 e. The summed E-state index contributed by atoms with van der Waals surface area (Å²) in [5, 5.41) is 1.43. The highest BCUT2D eigenvalue weighted by Gasteiger charge is 2.10. The number of carbonyl (C=O) groups is 2. The van der Waals surface area contributed by atoms with Crippen molar-refractivity contribution in [2.75, 3.05) is 13.1 Å². The Labute approximate surface area is 188 Å². The molecule has 3 N–H and O–H groups in total. The highest BCUT2D eigenvalue weighted by atomic mass is 35.5. The molecule has 1 aliphatic heterocycles. The Bertz CT molecular complexity index is 1010. The highest BCUT2D eigenvalue weighted by molar-refractivity contribution is 6.31. The van der Waals surface area contributed by atoms with Crippen molar-refractivity contribution in [3.05, 3.63) is 71.1 Å². The number of H-pyrrole nitrogens is 1. The SMILES string of the molecule is CCCCCCCN1C=CC=C(/C=C/C(=O)NNC(=O)c2cc3cc(Cl)ccc3[nH]2)C1. The van der Waals surface area contributed by atoms with E-state index < -0.39 is 11.8 Å². The number of rotatable bonds is 9. The first kappa shape index (κ1) is 22.7. The molecule has 0 atom stereocenters. The van der Waals surface area contributed by atoms with Crippen LogP contribution in [-0.2, 0) is 4.79 Å². The number of aromatic amines is 1. The molecule has 0 saturated carbocycles. The number of fused-ring (bicyclic) bond motifs is 1. The predicted octanol–water partition coefficient (Wildman–Crippen LogP) is 4.86. The number of hydrogen-bond donors (Lipinski definition) is 3. The largest absolute Gasteiger partial charge is 0.373 e. The molecule has 3 rings (SSSR count). The molecule has 31 heavy (non-hydrogen) atoms. The third-order valence-corrected chi connectivity index (χ3v) is 5.35. The van der Waals surface area contributed by atoms with Gasteiger partial charge in [-0.25, -0.2) is 0 Å². The second-order valence-electron chi connectivity index (χ2n) is 7.66. The first-order valence-corrected chi connectivity index (χ1v) is 11.1. The van der Waals surface area contributed by atoms with Crippen LogP contribution in [0.2, 0.25) is 5.02 Å². The van der Waals surface area contributed by atoms with Gasteiger partial charge in [-0.2, -0.15) is 0 Å². The molecule has 1 aromatic carbocycles. The van der Waals surface area contributed by atoms with E-state index in [1.807, 2.05) is 12.2 Å². The summed E-state index contributed by atoms with van der Waals surface area (Å²) in [5.41, 5.74) is 7.02. The Morgan fingerprint density at radius 1 is 1.16 bits per heavy atom. The molecule has 0 radical (unpaired) electrons. The van der Waals surface area contributed by atoms with E-state index in [1.54, 1.807) is 30.3 Å². The molecule has 0 saturated heterocycles. The van der Waals surface area contributed by atoms with Gasteiger partial charge >= 0.3 is 0 Å². The average Bonchev–Trinajstić information content (AvgIpc) is 3.19. The van der Waals surface area contributed by atoms with Crippen molar-refractivity contribution < 1.29 is 9.59 Å². The first-order chi connectivity index (χ1) is 15.0. The lowest BCUT2D eigenvalue weighted by molar-refractivity contribution is -0.117. The predicted molar refractivity (Wildman–Crippen MR) is 126 cm³/mol. The van der Waals surface area contributed by atoms with E-state index in [0.717, 1.165) is 29.6 Å². The Morgan fingerprint density at radius 2 is 2.00 bits per heavy atom. The lowest BCUT2D eigenvalue weighted by atomic mass is 10.1. The molecule has 0 unspecified atom stereocenters. The van der Waals surface area contributed by atoms with Gasteiger partial charge in [0, 0.05) is 35.1 Å². The third-order valence-electron chi connectivity index (χ3n) is 5.12. The fourth-order valence-electron chi connectivity index (χ4n) is 3.44. The van der Waals surface area contributed by atoms with E-state index in [9.17, 15) is 9.59 Å². The molecule has 6 nitrogen and oxygen atoms in total. The molecule has 2 aromatic rings. The summed E-state index contributed by atoms with van der Waals surface area (Å²) in [7, 11) is 0. The van der Waals surface area contributed by atoms with Crippen LogP contribution >= 0.6 is 11.6 Å². The Balaban J connectivity index is 1.42. The zero-order valence-corrected chi connectivity index (χ0v) is 18.5. The van der Waals surface area contributed by atoms with Crippen molar-refractivity contribution in [2.45, 2.75) is 39.0 Å². The van der Waals surface area contributed by atoms with Crippen LogP contribution in [0.25, 0.3) is 10.9 Å². The molecule has 0 bridgehead atoms. The summed E-state index contributed by atoms with van der Waals surface area (Å²) in [4.78, 5) is 29.6. The number of halogens is 1.